The average molecular weight is 471 g/mol. The second-order valence-electron chi connectivity index (χ2n) is 7.70. The number of amides is 1. The van der Waals surface area contributed by atoms with E-state index >= 15 is 0 Å². The number of aryl methyl sites for hydroxylation is 2. The highest BCUT2D eigenvalue weighted by atomic mass is 32.2. The minimum atomic E-state index is -0.254. The van der Waals surface area contributed by atoms with Gasteiger partial charge < -0.3 is 19.5 Å². The Bertz CT molecular complexity index is 1270. The van der Waals surface area contributed by atoms with Crippen LogP contribution in [0.5, 0.6) is 17.2 Å². The van der Waals surface area contributed by atoms with Gasteiger partial charge in [0, 0.05) is 5.69 Å². The van der Waals surface area contributed by atoms with Crippen LogP contribution in [0.4, 0.5) is 11.4 Å². The van der Waals surface area contributed by atoms with Gasteiger partial charge in [-0.15, -0.1) is 0 Å². The van der Waals surface area contributed by atoms with E-state index in [1.165, 1.54) is 11.9 Å². The van der Waals surface area contributed by atoms with E-state index in [1.807, 2.05) is 66.7 Å². The molecule has 0 aliphatic carbocycles. The Morgan fingerprint density at radius 2 is 1.50 bits per heavy atom. The van der Waals surface area contributed by atoms with E-state index in [-0.39, 0.29) is 5.91 Å². The molecule has 6 heteroatoms. The third-order valence-electron chi connectivity index (χ3n) is 5.27. The van der Waals surface area contributed by atoms with Crippen molar-refractivity contribution >= 4 is 29.2 Å². The lowest BCUT2D eigenvalue weighted by atomic mass is 10.1. The first-order valence-corrected chi connectivity index (χ1v) is 11.7. The zero-order valence-corrected chi connectivity index (χ0v) is 20.1. The maximum Gasteiger partial charge on any atom is 0.259 e. The Hall–Kier alpha value is -3.90. The standard InChI is InChI=1S/C28H26N2O3S/c1-19-10-9-11-20(2)27(19)30-34-26-18-21(16-17-25(26)32-3)29-28(31)23-14-7-8-15-24(23)33-22-12-5-4-6-13-22/h4-18,30H,1-3H3,(H,29,31). The molecule has 0 saturated heterocycles. The lowest BCUT2D eigenvalue weighted by Gasteiger charge is -2.15. The molecule has 0 radical (unpaired) electrons. The zero-order chi connectivity index (χ0) is 23.9. The van der Waals surface area contributed by atoms with Crippen molar-refractivity contribution in [1.82, 2.24) is 0 Å². The molecule has 0 aliphatic heterocycles. The van der Waals surface area contributed by atoms with E-state index in [2.05, 4.69) is 36.0 Å². The van der Waals surface area contributed by atoms with Crippen LogP contribution in [0.3, 0.4) is 0 Å². The molecule has 4 aromatic rings. The van der Waals surface area contributed by atoms with Crippen LogP contribution in [-0.2, 0) is 0 Å². The molecule has 2 N–H and O–H groups in total. The highest BCUT2D eigenvalue weighted by Gasteiger charge is 2.15. The van der Waals surface area contributed by atoms with Gasteiger partial charge in [-0.25, -0.2) is 0 Å². The first-order chi connectivity index (χ1) is 16.5. The van der Waals surface area contributed by atoms with Gasteiger partial charge in [-0.2, -0.15) is 0 Å². The summed E-state index contributed by atoms with van der Waals surface area (Å²) < 4.78 is 14.9. The summed E-state index contributed by atoms with van der Waals surface area (Å²) in [5.41, 5.74) is 4.49. The summed E-state index contributed by atoms with van der Waals surface area (Å²) >= 11 is 1.44. The first-order valence-electron chi connectivity index (χ1n) is 10.9. The molecule has 34 heavy (non-hydrogen) atoms. The molecule has 0 atom stereocenters. The van der Waals surface area contributed by atoms with Crippen molar-refractivity contribution in [2.75, 3.05) is 17.1 Å². The molecule has 172 valence electrons. The zero-order valence-electron chi connectivity index (χ0n) is 19.3. The molecular weight excluding hydrogens is 444 g/mol. The Kier molecular flexibility index (Phi) is 7.40. The van der Waals surface area contributed by atoms with Gasteiger partial charge in [0.1, 0.15) is 17.2 Å². The summed E-state index contributed by atoms with van der Waals surface area (Å²) in [6.07, 6.45) is 0. The molecule has 0 aromatic heterocycles. The number of nitrogens with one attached hydrogen (secondary N) is 2. The van der Waals surface area contributed by atoms with Gasteiger partial charge in [-0.05, 0) is 79.4 Å². The van der Waals surface area contributed by atoms with Crippen LogP contribution < -0.4 is 19.5 Å². The van der Waals surface area contributed by atoms with Crippen LogP contribution in [0.1, 0.15) is 21.5 Å². The molecule has 0 spiro atoms. The number of hydrogen-bond acceptors (Lipinski definition) is 5. The Balaban J connectivity index is 1.53. The van der Waals surface area contributed by atoms with Crippen LogP contribution in [-0.4, -0.2) is 13.0 Å². The highest BCUT2D eigenvalue weighted by molar-refractivity contribution is 8.00. The van der Waals surface area contributed by atoms with Crippen LogP contribution in [0.2, 0.25) is 0 Å². The second-order valence-corrected chi connectivity index (χ2v) is 8.55. The number of para-hydroxylation sites is 3. The summed E-state index contributed by atoms with van der Waals surface area (Å²) in [4.78, 5) is 14.0. The van der Waals surface area contributed by atoms with E-state index in [0.29, 0.717) is 22.7 Å². The van der Waals surface area contributed by atoms with Gasteiger partial charge in [-0.1, -0.05) is 48.5 Å². The number of hydrogen-bond donors (Lipinski definition) is 2. The van der Waals surface area contributed by atoms with Crippen LogP contribution in [0.25, 0.3) is 0 Å². The van der Waals surface area contributed by atoms with Crippen molar-refractivity contribution in [3.63, 3.8) is 0 Å². The smallest absolute Gasteiger partial charge is 0.259 e. The molecule has 4 rings (SSSR count). The van der Waals surface area contributed by atoms with Gasteiger partial charge in [0.25, 0.3) is 5.91 Å². The number of methoxy groups -OCH3 is 1. The van der Waals surface area contributed by atoms with Gasteiger partial charge in [-0.3, -0.25) is 4.79 Å². The molecule has 0 saturated carbocycles. The maximum atomic E-state index is 13.1. The third-order valence-corrected chi connectivity index (χ3v) is 6.11. The van der Waals surface area contributed by atoms with Crippen molar-refractivity contribution in [3.05, 3.63) is 108 Å². The number of carbonyl (C=O) groups is 1. The van der Waals surface area contributed by atoms with Crippen LogP contribution in [0, 0.1) is 13.8 Å². The van der Waals surface area contributed by atoms with Gasteiger partial charge in [0.2, 0.25) is 0 Å². The van der Waals surface area contributed by atoms with Crippen LogP contribution in [0.15, 0.2) is 95.9 Å². The number of rotatable bonds is 8. The third kappa shape index (κ3) is 5.53. The first kappa shape index (κ1) is 23.3. The quantitative estimate of drug-likeness (QED) is 0.262. The number of anilines is 2. The van der Waals surface area contributed by atoms with Crippen molar-refractivity contribution in [1.29, 1.82) is 0 Å². The number of carbonyl (C=O) groups excluding carboxylic acids is 1. The molecule has 0 fully saturated rings. The van der Waals surface area contributed by atoms with E-state index in [1.54, 1.807) is 19.2 Å². The molecular formula is C28H26N2O3S. The summed E-state index contributed by atoms with van der Waals surface area (Å²) in [7, 11) is 1.63. The van der Waals surface area contributed by atoms with E-state index < -0.39 is 0 Å². The van der Waals surface area contributed by atoms with Crippen LogP contribution >= 0.6 is 11.9 Å². The van der Waals surface area contributed by atoms with Gasteiger partial charge in [0.15, 0.2) is 0 Å². The van der Waals surface area contributed by atoms with Gasteiger partial charge >= 0.3 is 0 Å². The largest absolute Gasteiger partial charge is 0.496 e. The Labute approximate surface area is 204 Å². The van der Waals surface area contributed by atoms with Crippen molar-refractivity contribution in [3.8, 4) is 17.2 Å². The topological polar surface area (TPSA) is 59.6 Å². The monoisotopic (exact) mass is 470 g/mol. The fourth-order valence-corrected chi connectivity index (χ4v) is 4.44. The van der Waals surface area contributed by atoms with Crippen molar-refractivity contribution in [2.24, 2.45) is 0 Å². The van der Waals surface area contributed by atoms with Gasteiger partial charge in [0.05, 0.1) is 23.3 Å². The minimum absolute atomic E-state index is 0.254. The molecule has 0 aliphatic rings. The summed E-state index contributed by atoms with van der Waals surface area (Å²) in [6, 6.07) is 28.3. The SMILES string of the molecule is COc1ccc(NC(=O)c2ccccc2Oc2ccccc2)cc1SNc1c(C)cccc1C. The Morgan fingerprint density at radius 1 is 0.794 bits per heavy atom. The highest BCUT2D eigenvalue weighted by Crippen LogP contribution is 2.35. The summed E-state index contributed by atoms with van der Waals surface area (Å²) in [6.45, 7) is 4.14. The fourth-order valence-electron chi connectivity index (χ4n) is 3.47. The lowest BCUT2D eigenvalue weighted by molar-refractivity contribution is 0.102. The molecule has 0 bridgehead atoms. The molecule has 1 amide bonds. The summed E-state index contributed by atoms with van der Waals surface area (Å²) in [5, 5.41) is 2.98. The Morgan fingerprint density at radius 3 is 2.24 bits per heavy atom. The average Bonchev–Trinajstić information content (AvgIpc) is 2.85. The minimum Gasteiger partial charge on any atom is -0.496 e. The van der Waals surface area contributed by atoms with E-state index in [9.17, 15) is 4.79 Å². The summed E-state index contributed by atoms with van der Waals surface area (Å²) in [5.74, 6) is 1.62. The fraction of sp³-hybridized carbons (Fsp3) is 0.107. The number of benzene rings is 4. The van der Waals surface area contributed by atoms with E-state index in [0.717, 1.165) is 27.5 Å². The predicted molar refractivity (Wildman–Crippen MR) is 139 cm³/mol. The van der Waals surface area contributed by atoms with Crippen molar-refractivity contribution < 1.29 is 14.3 Å². The second kappa shape index (κ2) is 10.8. The maximum absolute atomic E-state index is 13.1. The molecule has 5 nitrogen and oxygen atoms in total. The molecule has 4 aromatic carbocycles. The van der Waals surface area contributed by atoms with E-state index in [4.69, 9.17) is 9.47 Å². The number of ether oxygens (including phenoxy) is 2. The molecule has 0 heterocycles. The lowest BCUT2D eigenvalue weighted by Crippen LogP contribution is -2.13. The normalized spacial score (nSPS) is 10.4. The molecule has 0 unspecified atom stereocenters. The van der Waals surface area contributed by atoms with Crippen molar-refractivity contribution in [2.45, 2.75) is 18.7 Å². The predicted octanol–water partition coefficient (Wildman–Crippen LogP) is 7.48.